The Hall–Kier alpha value is -1.67. The minimum absolute atomic E-state index is 0.155. The van der Waals surface area contributed by atoms with Gasteiger partial charge in [0.05, 0.1) is 4.92 Å². The zero-order valence-corrected chi connectivity index (χ0v) is 11.9. The lowest BCUT2D eigenvalue weighted by atomic mass is 10.1. The summed E-state index contributed by atoms with van der Waals surface area (Å²) in [7, 11) is -3.95. The Balaban J connectivity index is 2.39. The lowest BCUT2D eigenvalue weighted by Crippen LogP contribution is -2.36. The van der Waals surface area contributed by atoms with E-state index in [1.807, 2.05) is 6.92 Å². The average molecular weight is 299 g/mol. The molecule has 20 heavy (non-hydrogen) atoms. The summed E-state index contributed by atoms with van der Waals surface area (Å²) < 4.78 is 27.2. The highest BCUT2D eigenvalue weighted by atomic mass is 32.2. The minimum atomic E-state index is -3.95. The van der Waals surface area contributed by atoms with Crippen molar-refractivity contribution < 1.29 is 13.3 Å². The summed E-state index contributed by atoms with van der Waals surface area (Å²) in [5, 5.41) is 11.0. The van der Waals surface area contributed by atoms with Crippen LogP contribution in [0.4, 0.5) is 11.4 Å². The first-order chi connectivity index (χ1) is 9.33. The molecule has 2 unspecified atom stereocenters. The number of nitrogens with zero attached hydrogens (tertiary/aromatic N) is 1. The minimum Gasteiger partial charge on any atom is -0.393 e. The molecule has 0 bridgehead atoms. The molecule has 0 aromatic heterocycles. The molecule has 1 saturated carbocycles. The largest absolute Gasteiger partial charge is 0.393 e. The first-order valence-corrected chi connectivity index (χ1v) is 7.86. The van der Waals surface area contributed by atoms with Crippen LogP contribution in [0.5, 0.6) is 0 Å². The highest BCUT2D eigenvalue weighted by Crippen LogP contribution is 2.31. The van der Waals surface area contributed by atoms with Crippen LogP contribution in [-0.2, 0) is 10.0 Å². The molecule has 1 aliphatic carbocycles. The number of anilines is 1. The van der Waals surface area contributed by atoms with Crippen molar-refractivity contribution in [2.24, 2.45) is 5.92 Å². The normalized spacial score (nSPS) is 22.9. The number of rotatable bonds is 4. The summed E-state index contributed by atoms with van der Waals surface area (Å²) in [6.45, 7) is 1.97. The number of benzene rings is 1. The summed E-state index contributed by atoms with van der Waals surface area (Å²) in [6.07, 6.45) is 2.65. The third-order valence-electron chi connectivity index (χ3n) is 3.67. The van der Waals surface area contributed by atoms with E-state index < -0.39 is 20.6 Å². The molecule has 0 spiro atoms. The molecule has 1 fully saturated rings. The van der Waals surface area contributed by atoms with Crippen molar-refractivity contribution in [3.8, 4) is 0 Å². The standard InChI is InChI=1S/C12H17N3O4S/c1-8-4-2-6-10(8)14-20(18,19)11-7-3-5-9(13)12(11)15(16)17/h3,5,7-8,10,14H,2,4,6,13H2,1H3. The van der Waals surface area contributed by atoms with Crippen molar-refractivity contribution in [3.63, 3.8) is 0 Å². The number of nitrogen functional groups attached to an aromatic ring is 1. The number of nitrogens with two attached hydrogens (primary N) is 1. The first-order valence-electron chi connectivity index (χ1n) is 6.38. The van der Waals surface area contributed by atoms with Gasteiger partial charge in [-0.1, -0.05) is 19.4 Å². The van der Waals surface area contributed by atoms with E-state index in [2.05, 4.69) is 4.72 Å². The second-order valence-electron chi connectivity index (χ2n) is 5.09. The average Bonchev–Trinajstić information content (AvgIpc) is 2.73. The maximum absolute atomic E-state index is 12.3. The topological polar surface area (TPSA) is 115 Å². The molecule has 2 rings (SSSR count). The number of nitro groups is 1. The molecule has 0 heterocycles. The fraction of sp³-hybridized carbons (Fsp3) is 0.500. The third-order valence-corrected chi connectivity index (χ3v) is 5.19. The molecule has 1 aliphatic rings. The van der Waals surface area contributed by atoms with E-state index in [-0.39, 0.29) is 22.5 Å². The predicted octanol–water partition coefficient (Wildman–Crippen LogP) is 1.64. The van der Waals surface area contributed by atoms with Crippen molar-refractivity contribution in [2.75, 3.05) is 5.73 Å². The van der Waals surface area contributed by atoms with Crippen LogP contribution in [0, 0.1) is 16.0 Å². The van der Waals surface area contributed by atoms with E-state index in [1.165, 1.54) is 18.2 Å². The quantitative estimate of drug-likeness (QED) is 0.498. The van der Waals surface area contributed by atoms with Crippen LogP contribution in [0.1, 0.15) is 26.2 Å². The molecule has 1 aromatic rings. The Morgan fingerprint density at radius 1 is 1.40 bits per heavy atom. The van der Waals surface area contributed by atoms with Crippen LogP contribution >= 0.6 is 0 Å². The monoisotopic (exact) mass is 299 g/mol. The first kappa shape index (κ1) is 14.7. The molecule has 8 heteroatoms. The summed E-state index contributed by atoms with van der Waals surface area (Å²) >= 11 is 0. The Morgan fingerprint density at radius 3 is 2.65 bits per heavy atom. The van der Waals surface area contributed by atoms with Crippen LogP contribution in [0.2, 0.25) is 0 Å². The van der Waals surface area contributed by atoms with Crippen molar-refractivity contribution in [1.29, 1.82) is 0 Å². The molecule has 3 N–H and O–H groups in total. The molecule has 110 valence electrons. The van der Waals surface area contributed by atoms with Gasteiger partial charge in [0.1, 0.15) is 5.69 Å². The van der Waals surface area contributed by atoms with E-state index in [0.717, 1.165) is 19.3 Å². The van der Waals surface area contributed by atoms with Gasteiger partial charge in [-0.05, 0) is 30.9 Å². The Kier molecular flexibility index (Phi) is 3.96. The predicted molar refractivity (Wildman–Crippen MR) is 74.6 cm³/mol. The number of sulfonamides is 1. The molecule has 0 amide bonds. The van der Waals surface area contributed by atoms with Crippen LogP contribution in [0.25, 0.3) is 0 Å². The summed E-state index contributed by atoms with van der Waals surface area (Å²) in [4.78, 5) is 9.89. The van der Waals surface area contributed by atoms with Crippen LogP contribution < -0.4 is 10.5 Å². The highest BCUT2D eigenvalue weighted by molar-refractivity contribution is 7.89. The number of nitro benzene ring substituents is 1. The summed E-state index contributed by atoms with van der Waals surface area (Å²) in [6, 6.07) is 3.74. The van der Waals surface area contributed by atoms with Crippen molar-refractivity contribution >= 4 is 21.4 Å². The van der Waals surface area contributed by atoms with Crippen LogP contribution in [0.3, 0.4) is 0 Å². The van der Waals surface area contributed by atoms with Gasteiger partial charge in [0.25, 0.3) is 0 Å². The maximum Gasteiger partial charge on any atom is 0.312 e. The molecular formula is C12H17N3O4S. The van der Waals surface area contributed by atoms with Gasteiger partial charge >= 0.3 is 5.69 Å². The lowest BCUT2D eigenvalue weighted by Gasteiger charge is -2.17. The summed E-state index contributed by atoms with van der Waals surface area (Å²) in [5.41, 5.74) is 4.80. The molecule has 1 aromatic carbocycles. The zero-order valence-electron chi connectivity index (χ0n) is 11.1. The highest BCUT2D eigenvalue weighted by Gasteiger charge is 2.33. The van der Waals surface area contributed by atoms with Crippen molar-refractivity contribution in [1.82, 2.24) is 4.72 Å². The maximum atomic E-state index is 12.3. The summed E-state index contributed by atoms with van der Waals surface area (Å²) in [5.74, 6) is 0.227. The molecule has 0 aliphatic heterocycles. The number of para-hydroxylation sites is 1. The molecule has 7 nitrogen and oxygen atoms in total. The molecular weight excluding hydrogens is 282 g/mol. The van der Waals surface area contributed by atoms with Gasteiger partial charge in [-0.2, -0.15) is 0 Å². The van der Waals surface area contributed by atoms with Crippen molar-refractivity contribution in [3.05, 3.63) is 28.3 Å². The third kappa shape index (κ3) is 2.75. The van der Waals surface area contributed by atoms with Gasteiger partial charge in [0.2, 0.25) is 10.0 Å². The van der Waals surface area contributed by atoms with Gasteiger partial charge in [-0.15, -0.1) is 0 Å². The second-order valence-corrected chi connectivity index (χ2v) is 6.77. The van der Waals surface area contributed by atoms with Gasteiger partial charge in [-0.3, -0.25) is 10.1 Å². The fourth-order valence-corrected chi connectivity index (χ4v) is 4.12. The number of hydrogen-bond acceptors (Lipinski definition) is 5. The number of nitrogens with one attached hydrogen (secondary N) is 1. The SMILES string of the molecule is CC1CCCC1NS(=O)(=O)c1cccc(N)c1[N+](=O)[O-]. The van der Waals surface area contributed by atoms with Crippen molar-refractivity contribution in [2.45, 2.75) is 37.1 Å². The van der Waals surface area contributed by atoms with E-state index in [0.29, 0.717) is 0 Å². The lowest BCUT2D eigenvalue weighted by molar-refractivity contribution is -0.386. The van der Waals surface area contributed by atoms with Gasteiger partial charge in [0.15, 0.2) is 4.90 Å². The number of hydrogen-bond donors (Lipinski definition) is 2. The smallest absolute Gasteiger partial charge is 0.312 e. The molecule has 0 radical (unpaired) electrons. The Labute approximate surface area is 117 Å². The fourth-order valence-electron chi connectivity index (χ4n) is 2.53. The second kappa shape index (κ2) is 5.37. The van der Waals surface area contributed by atoms with Crippen LogP contribution in [0.15, 0.2) is 23.1 Å². The van der Waals surface area contributed by atoms with E-state index in [4.69, 9.17) is 5.73 Å². The van der Waals surface area contributed by atoms with E-state index in [1.54, 1.807) is 0 Å². The molecule has 0 saturated heterocycles. The van der Waals surface area contributed by atoms with Gasteiger partial charge < -0.3 is 5.73 Å². The van der Waals surface area contributed by atoms with E-state index in [9.17, 15) is 18.5 Å². The Morgan fingerprint density at radius 2 is 2.10 bits per heavy atom. The Bertz CT molecular complexity index is 630. The molecule has 2 atom stereocenters. The van der Waals surface area contributed by atoms with Crippen LogP contribution in [-0.4, -0.2) is 19.4 Å². The van der Waals surface area contributed by atoms with Gasteiger partial charge in [0, 0.05) is 6.04 Å². The van der Waals surface area contributed by atoms with Gasteiger partial charge in [-0.25, -0.2) is 13.1 Å². The van der Waals surface area contributed by atoms with E-state index >= 15 is 0 Å². The zero-order chi connectivity index (χ0) is 14.9.